The summed E-state index contributed by atoms with van der Waals surface area (Å²) in [6.07, 6.45) is 0. The fraction of sp³-hybridized carbons (Fsp3) is 0.875. The molecule has 0 aliphatic carbocycles. The van der Waals surface area contributed by atoms with E-state index in [1.807, 2.05) is 6.92 Å². The third-order valence-electron chi connectivity index (χ3n) is 1.34. The number of carbonyl (C=O) groups is 1. The normalized spacial score (nSPS) is 9.69. The highest BCUT2D eigenvalue weighted by molar-refractivity contribution is 5.73. The third kappa shape index (κ3) is 9.10. The number of hydrogen-bond donors (Lipinski definition) is 2. The summed E-state index contributed by atoms with van der Waals surface area (Å²) >= 11 is 0. The summed E-state index contributed by atoms with van der Waals surface area (Å²) in [5.74, 6) is 0. The third-order valence-corrected chi connectivity index (χ3v) is 1.34. The molecule has 0 atom stereocenters. The topological polar surface area (TPSA) is 59.6 Å². The van der Waals surface area contributed by atoms with Crippen molar-refractivity contribution in [2.45, 2.75) is 6.92 Å². The van der Waals surface area contributed by atoms with Gasteiger partial charge in [0, 0.05) is 20.2 Å². The highest BCUT2D eigenvalue weighted by Crippen LogP contribution is 1.77. The lowest BCUT2D eigenvalue weighted by Crippen LogP contribution is -2.35. The van der Waals surface area contributed by atoms with E-state index in [9.17, 15) is 4.79 Å². The molecule has 0 heterocycles. The smallest absolute Gasteiger partial charge is 0.314 e. The van der Waals surface area contributed by atoms with E-state index in [1.165, 1.54) is 0 Å². The van der Waals surface area contributed by atoms with Crippen LogP contribution in [-0.4, -0.2) is 46.1 Å². The van der Waals surface area contributed by atoms with Crippen LogP contribution < -0.4 is 10.6 Å². The SMILES string of the molecule is CCOCCOCCNC(=O)NC. The van der Waals surface area contributed by atoms with Gasteiger partial charge < -0.3 is 20.1 Å². The number of carbonyl (C=O) groups excluding carboxylic acids is 1. The van der Waals surface area contributed by atoms with Gasteiger partial charge >= 0.3 is 6.03 Å². The Balaban J connectivity index is 2.95. The minimum Gasteiger partial charge on any atom is -0.379 e. The van der Waals surface area contributed by atoms with Gasteiger partial charge in [0.1, 0.15) is 0 Å². The van der Waals surface area contributed by atoms with Crippen LogP contribution in [0.2, 0.25) is 0 Å². The van der Waals surface area contributed by atoms with Gasteiger partial charge in [-0.2, -0.15) is 0 Å². The van der Waals surface area contributed by atoms with Crippen molar-refractivity contribution in [3.8, 4) is 0 Å². The van der Waals surface area contributed by atoms with Gasteiger partial charge in [-0.3, -0.25) is 0 Å². The second kappa shape index (κ2) is 9.28. The Kier molecular flexibility index (Phi) is 8.70. The molecule has 5 heteroatoms. The minimum atomic E-state index is -0.187. The molecule has 0 aliphatic heterocycles. The first-order chi connectivity index (χ1) is 6.31. The lowest BCUT2D eigenvalue weighted by atomic mass is 10.6. The van der Waals surface area contributed by atoms with Crippen molar-refractivity contribution >= 4 is 6.03 Å². The average molecular weight is 190 g/mol. The molecule has 0 aromatic carbocycles. The van der Waals surface area contributed by atoms with E-state index in [0.29, 0.717) is 33.0 Å². The van der Waals surface area contributed by atoms with Gasteiger partial charge in [-0.15, -0.1) is 0 Å². The average Bonchev–Trinajstić information content (AvgIpc) is 2.16. The van der Waals surface area contributed by atoms with Crippen molar-refractivity contribution in [3.05, 3.63) is 0 Å². The van der Waals surface area contributed by atoms with Crippen LogP contribution >= 0.6 is 0 Å². The van der Waals surface area contributed by atoms with Crippen LogP contribution in [0.5, 0.6) is 0 Å². The lowest BCUT2D eigenvalue weighted by Gasteiger charge is -2.05. The van der Waals surface area contributed by atoms with E-state index in [1.54, 1.807) is 7.05 Å². The van der Waals surface area contributed by atoms with Gasteiger partial charge in [0.2, 0.25) is 0 Å². The number of amides is 2. The Morgan fingerprint density at radius 3 is 2.54 bits per heavy atom. The monoisotopic (exact) mass is 190 g/mol. The first kappa shape index (κ1) is 12.2. The van der Waals surface area contributed by atoms with E-state index in [4.69, 9.17) is 9.47 Å². The molecule has 0 unspecified atom stereocenters. The van der Waals surface area contributed by atoms with Crippen LogP contribution in [0.3, 0.4) is 0 Å². The maximum absolute atomic E-state index is 10.6. The first-order valence-electron chi connectivity index (χ1n) is 4.42. The van der Waals surface area contributed by atoms with Crippen molar-refractivity contribution in [1.29, 1.82) is 0 Å². The molecule has 0 fully saturated rings. The van der Waals surface area contributed by atoms with E-state index < -0.39 is 0 Å². The summed E-state index contributed by atoms with van der Waals surface area (Å²) in [5, 5.41) is 5.05. The van der Waals surface area contributed by atoms with Crippen LogP contribution in [0.1, 0.15) is 6.92 Å². The van der Waals surface area contributed by atoms with Gasteiger partial charge in [-0.25, -0.2) is 4.79 Å². The van der Waals surface area contributed by atoms with Gasteiger partial charge in [-0.1, -0.05) is 0 Å². The summed E-state index contributed by atoms with van der Waals surface area (Å²) in [4.78, 5) is 10.6. The lowest BCUT2D eigenvalue weighted by molar-refractivity contribution is 0.0546. The molecule has 2 N–H and O–H groups in total. The quantitative estimate of drug-likeness (QED) is 0.554. The highest BCUT2D eigenvalue weighted by Gasteiger charge is 1.93. The van der Waals surface area contributed by atoms with Gasteiger partial charge in [0.15, 0.2) is 0 Å². The molecule has 0 aromatic heterocycles. The molecule has 0 aliphatic rings. The zero-order chi connectivity index (χ0) is 9.94. The van der Waals surface area contributed by atoms with Crippen molar-refractivity contribution in [2.24, 2.45) is 0 Å². The van der Waals surface area contributed by atoms with Gasteiger partial charge in [0.05, 0.1) is 19.8 Å². The van der Waals surface area contributed by atoms with Crippen molar-refractivity contribution in [3.63, 3.8) is 0 Å². The fourth-order valence-corrected chi connectivity index (χ4v) is 0.689. The largest absolute Gasteiger partial charge is 0.379 e. The minimum absolute atomic E-state index is 0.187. The standard InChI is InChI=1S/C8H18N2O3/c1-3-12-6-7-13-5-4-10-8(11)9-2/h3-7H2,1-2H3,(H2,9,10,11). The molecule has 0 spiro atoms. The summed E-state index contributed by atoms with van der Waals surface area (Å²) < 4.78 is 10.2. The van der Waals surface area contributed by atoms with E-state index >= 15 is 0 Å². The molecule has 2 amide bonds. The van der Waals surface area contributed by atoms with E-state index in [2.05, 4.69) is 10.6 Å². The molecule has 0 aromatic rings. The van der Waals surface area contributed by atoms with Crippen LogP contribution in [0, 0.1) is 0 Å². The molecule has 0 radical (unpaired) electrons. The van der Waals surface area contributed by atoms with Crippen molar-refractivity contribution in [1.82, 2.24) is 10.6 Å². The number of urea groups is 1. The second-order valence-electron chi connectivity index (χ2n) is 2.32. The molecule has 0 saturated heterocycles. The molecule has 0 rings (SSSR count). The first-order valence-corrected chi connectivity index (χ1v) is 4.42. The Morgan fingerprint density at radius 2 is 1.92 bits per heavy atom. The van der Waals surface area contributed by atoms with Crippen LogP contribution in [-0.2, 0) is 9.47 Å². The van der Waals surface area contributed by atoms with Gasteiger partial charge in [-0.05, 0) is 6.92 Å². The Hall–Kier alpha value is -0.810. The van der Waals surface area contributed by atoms with Gasteiger partial charge in [0.25, 0.3) is 0 Å². The second-order valence-corrected chi connectivity index (χ2v) is 2.32. The molecule has 0 bridgehead atoms. The molecule has 78 valence electrons. The van der Waals surface area contributed by atoms with Crippen LogP contribution in [0.4, 0.5) is 4.79 Å². The highest BCUT2D eigenvalue weighted by atomic mass is 16.5. The van der Waals surface area contributed by atoms with Crippen molar-refractivity contribution in [2.75, 3.05) is 40.0 Å². The molecule has 0 saturated carbocycles. The Morgan fingerprint density at radius 1 is 1.23 bits per heavy atom. The predicted molar refractivity (Wildman–Crippen MR) is 49.8 cm³/mol. The molecular weight excluding hydrogens is 172 g/mol. The number of ether oxygens (including phenoxy) is 2. The maximum atomic E-state index is 10.6. The molecule has 5 nitrogen and oxygen atoms in total. The number of rotatable bonds is 7. The maximum Gasteiger partial charge on any atom is 0.314 e. The summed E-state index contributed by atoms with van der Waals surface area (Å²) in [6.45, 7) is 4.86. The summed E-state index contributed by atoms with van der Waals surface area (Å²) in [5.41, 5.74) is 0. The number of hydrogen-bond acceptors (Lipinski definition) is 3. The predicted octanol–water partition coefficient (Wildman–Crippen LogP) is -0.0315. The number of nitrogens with one attached hydrogen (secondary N) is 2. The van der Waals surface area contributed by atoms with Crippen LogP contribution in [0.15, 0.2) is 0 Å². The van der Waals surface area contributed by atoms with Crippen molar-refractivity contribution < 1.29 is 14.3 Å². The molecule has 13 heavy (non-hydrogen) atoms. The molecular formula is C8H18N2O3. The van der Waals surface area contributed by atoms with Crippen LogP contribution in [0.25, 0.3) is 0 Å². The van der Waals surface area contributed by atoms with E-state index in [-0.39, 0.29) is 6.03 Å². The summed E-state index contributed by atoms with van der Waals surface area (Å²) in [7, 11) is 1.57. The zero-order valence-corrected chi connectivity index (χ0v) is 8.26. The summed E-state index contributed by atoms with van der Waals surface area (Å²) in [6, 6.07) is -0.187. The fourth-order valence-electron chi connectivity index (χ4n) is 0.689. The zero-order valence-electron chi connectivity index (χ0n) is 8.26. The Bertz CT molecular complexity index is 131. The van der Waals surface area contributed by atoms with E-state index in [0.717, 1.165) is 0 Å². The Labute approximate surface area is 78.8 Å².